The number of oxime groups is 1. The molecule has 2 atom stereocenters. The second-order valence-corrected chi connectivity index (χ2v) is 9.59. The number of nitrogen functional groups attached to an aromatic ring is 1. The Morgan fingerprint density at radius 2 is 2.14 bits per heavy atom. The number of nitrogens with two attached hydrogens (primary N) is 1. The minimum Gasteiger partial charge on any atom is -0.477 e. The number of hydrogen-bond donors (Lipinski definition) is 3. The summed E-state index contributed by atoms with van der Waals surface area (Å²) in [6.07, 6.45) is 3.10. The van der Waals surface area contributed by atoms with Gasteiger partial charge < -0.3 is 21.0 Å². The van der Waals surface area contributed by atoms with E-state index >= 15 is 0 Å². The highest BCUT2D eigenvalue weighted by Crippen LogP contribution is 2.41. The molecule has 4 N–H and O–H groups in total. The van der Waals surface area contributed by atoms with E-state index in [0.717, 1.165) is 16.2 Å². The van der Waals surface area contributed by atoms with E-state index in [1.807, 2.05) is 12.1 Å². The molecule has 1 aromatic carbocycles. The Balaban J connectivity index is 1.56. The van der Waals surface area contributed by atoms with Crippen molar-refractivity contribution >= 4 is 57.8 Å². The first-order valence-electron chi connectivity index (χ1n) is 10.5. The molecule has 2 aliphatic rings. The van der Waals surface area contributed by atoms with E-state index in [1.54, 1.807) is 18.2 Å². The number of carbonyl (C=O) groups excluding carboxylic acids is 2. The number of amides is 2. The van der Waals surface area contributed by atoms with Gasteiger partial charge in [-0.3, -0.25) is 14.5 Å². The van der Waals surface area contributed by atoms with Crippen LogP contribution in [0.4, 0.5) is 5.13 Å². The molecule has 186 valence electrons. The van der Waals surface area contributed by atoms with Crippen molar-refractivity contribution < 1.29 is 24.3 Å². The molecule has 0 radical (unpaired) electrons. The Hall–Kier alpha value is -4.66. The van der Waals surface area contributed by atoms with Crippen molar-refractivity contribution in [3.63, 3.8) is 0 Å². The summed E-state index contributed by atoms with van der Waals surface area (Å²) in [6, 6.07) is 7.55. The number of anilines is 1. The summed E-state index contributed by atoms with van der Waals surface area (Å²) in [5.74, 6) is -2.39. The van der Waals surface area contributed by atoms with Crippen molar-refractivity contribution in [3.8, 4) is 12.1 Å². The first-order chi connectivity index (χ1) is 17.8. The third-order valence-corrected chi connectivity index (χ3v) is 7.39. The van der Waals surface area contributed by atoms with E-state index in [9.17, 15) is 24.8 Å². The molecule has 12 nitrogen and oxygen atoms in total. The number of β-lactam (4-membered cyclic amide) rings is 1. The smallest absolute Gasteiger partial charge is 0.352 e. The second kappa shape index (κ2) is 10.5. The molecule has 4 rings (SSSR count). The molecular weight excluding hydrogens is 518 g/mol. The minimum absolute atomic E-state index is 0.171. The number of aliphatic carboxylic acids is 1. The quantitative estimate of drug-likeness (QED) is 0.264. The number of rotatable bonds is 7. The van der Waals surface area contributed by atoms with Crippen LogP contribution < -0.4 is 11.1 Å². The number of allylic oxidation sites excluding steroid dienone is 1. The zero-order valence-corrected chi connectivity index (χ0v) is 20.7. The molecule has 2 aliphatic heterocycles. The lowest BCUT2D eigenvalue weighted by atomic mass is 10.0. The van der Waals surface area contributed by atoms with Crippen LogP contribution in [0.3, 0.4) is 0 Å². The lowest BCUT2D eigenvalue weighted by Gasteiger charge is -2.49. The van der Waals surface area contributed by atoms with E-state index < -0.39 is 29.2 Å². The molecule has 2 amide bonds. The van der Waals surface area contributed by atoms with Gasteiger partial charge in [0.25, 0.3) is 11.8 Å². The highest BCUT2D eigenvalue weighted by atomic mass is 32.2. The summed E-state index contributed by atoms with van der Waals surface area (Å²) in [7, 11) is 1.26. The monoisotopic (exact) mass is 535 g/mol. The van der Waals surface area contributed by atoms with Gasteiger partial charge in [0.15, 0.2) is 10.8 Å². The molecule has 37 heavy (non-hydrogen) atoms. The minimum atomic E-state index is -1.30. The summed E-state index contributed by atoms with van der Waals surface area (Å²) in [6.45, 7) is 0. The van der Waals surface area contributed by atoms with E-state index in [2.05, 4.69) is 15.5 Å². The molecule has 14 heteroatoms. The average Bonchev–Trinajstić information content (AvgIpc) is 3.33. The first kappa shape index (κ1) is 25.4. The van der Waals surface area contributed by atoms with Crippen LogP contribution in [0.5, 0.6) is 0 Å². The number of benzene rings is 1. The van der Waals surface area contributed by atoms with Crippen molar-refractivity contribution in [1.29, 1.82) is 10.5 Å². The van der Waals surface area contributed by atoms with Crippen LogP contribution in [0.15, 0.2) is 46.1 Å². The summed E-state index contributed by atoms with van der Waals surface area (Å²) in [5, 5.41) is 35.6. The van der Waals surface area contributed by atoms with Gasteiger partial charge in [-0.2, -0.15) is 10.5 Å². The van der Waals surface area contributed by atoms with Crippen LogP contribution in [-0.4, -0.2) is 62.8 Å². The van der Waals surface area contributed by atoms with Gasteiger partial charge in [0.1, 0.15) is 29.9 Å². The third-order valence-electron chi connectivity index (χ3n) is 5.42. The lowest BCUT2D eigenvalue weighted by Crippen LogP contribution is -2.71. The molecule has 0 bridgehead atoms. The molecule has 1 saturated heterocycles. The van der Waals surface area contributed by atoms with Gasteiger partial charge in [0.2, 0.25) is 0 Å². The van der Waals surface area contributed by atoms with Crippen molar-refractivity contribution in [3.05, 3.63) is 63.3 Å². The summed E-state index contributed by atoms with van der Waals surface area (Å²) in [5.41, 5.74) is 6.87. The SMILES string of the molecule is CON=C(C(=O)NC1C(=O)N2C(C(=O)O)=C(C=Cc3ccc(C#N)cc3C#N)CS[C@@H]12)c1csc(N)n1. The Morgan fingerprint density at radius 1 is 1.35 bits per heavy atom. The molecule has 1 aromatic heterocycles. The highest BCUT2D eigenvalue weighted by Gasteiger charge is 2.54. The molecule has 2 aromatic rings. The normalized spacial score (nSPS) is 19.1. The fourth-order valence-electron chi connectivity index (χ4n) is 3.73. The molecule has 0 spiro atoms. The van der Waals surface area contributed by atoms with Gasteiger partial charge in [0, 0.05) is 11.1 Å². The maximum absolute atomic E-state index is 13.0. The molecule has 0 aliphatic carbocycles. The Bertz CT molecular complexity index is 1480. The zero-order chi connectivity index (χ0) is 26.7. The van der Waals surface area contributed by atoms with Gasteiger partial charge in [-0.15, -0.1) is 23.1 Å². The molecular formula is C23H17N7O5S2. The number of thiazole rings is 1. The van der Waals surface area contributed by atoms with Gasteiger partial charge in [-0.05, 0) is 23.3 Å². The maximum atomic E-state index is 13.0. The number of nitriles is 2. The number of thioether (sulfide) groups is 1. The number of carboxylic acids is 1. The average molecular weight is 536 g/mol. The molecule has 0 saturated carbocycles. The van der Waals surface area contributed by atoms with Gasteiger partial charge in [-0.1, -0.05) is 23.4 Å². The van der Waals surface area contributed by atoms with Gasteiger partial charge in [-0.25, -0.2) is 9.78 Å². The predicted molar refractivity (Wildman–Crippen MR) is 135 cm³/mol. The first-order valence-corrected chi connectivity index (χ1v) is 12.4. The number of fused-ring (bicyclic) bond motifs is 1. The van der Waals surface area contributed by atoms with Crippen molar-refractivity contribution in [1.82, 2.24) is 15.2 Å². The van der Waals surface area contributed by atoms with Crippen molar-refractivity contribution in [2.45, 2.75) is 11.4 Å². The van der Waals surface area contributed by atoms with Crippen LogP contribution in [0.25, 0.3) is 6.08 Å². The number of hydrogen-bond acceptors (Lipinski definition) is 11. The Morgan fingerprint density at radius 3 is 2.76 bits per heavy atom. The van der Waals surface area contributed by atoms with E-state index in [1.165, 1.54) is 36.4 Å². The standard InChI is InChI=1S/C23H17N7O5S2/c1-35-29-16(15-10-37-23(26)27-15)19(31)28-17-20(32)30-18(22(33)34)13(9-36-21(17)30)5-4-12-3-2-11(7-24)6-14(12)8-25/h2-6,10,17,21H,9H2,1H3,(H2,26,27)(H,28,31)(H,33,34)/t17?,21-/m0/s1. The summed E-state index contributed by atoms with van der Waals surface area (Å²) in [4.78, 5) is 47.8. The zero-order valence-electron chi connectivity index (χ0n) is 19.0. The van der Waals surface area contributed by atoms with E-state index in [-0.39, 0.29) is 33.6 Å². The van der Waals surface area contributed by atoms with Crippen molar-refractivity contribution in [2.24, 2.45) is 5.16 Å². The molecule has 1 fully saturated rings. The number of nitrogens with zero attached hydrogens (tertiary/aromatic N) is 5. The second-order valence-electron chi connectivity index (χ2n) is 7.59. The number of carbonyl (C=O) groups is 3. The van der Waals surface area contributed by atoms with Crippen LogP contribution >= 0.6 is 23.1 Å². The lowest BCUT2D eigenvalue weighted by molar-refractivity contribution is -0.150. The van der Waals surface area contributed by atoms with Crippen LogP contribution in [0, 0.1) is 22.7 Å². The maximum Gasteiger partial charge on any atom is 0.352 e. The largest absolute Gasteiger partial charge is 0.477 e. The predicted octanol–water partition coefficient (Wildman–Crippen LogP) is 1.27. The fourth-order valence-corrected chi connectivity index (χ4v) is 5.60. The van der Waals surface area contributed by atoms with Crippen LogP contribution in [0.1, 0.15) is 22.4 Å². The number of nitrogens with one attached hydrogen (secondary N) is 1. The summed E-state index contributed by atoms with van der Waals surface area (Å²) >= 11 is 2.38. The topological polar surface area (TPSA) is 195 Å². The van der Waals surface area contributed by atoms with E-state index in [4.69, 9.17) is 15.8 Å². The van der Waals surface area contributed by atoms with Gasteiger partial charge in [0.05, 0.1) is 23.3 Å². The molecule has 1 unspecified atom stereocenters. The van der Waals surface area contributed by atoms with Crippen LogP contribution in [0.2, 0.25) is 0 Å². The fraction of sp³-hybridized carbons (Fsp3) is 0.174. The number of aromatic nitrogens is 1. The van der Waals surface area contributed by atoms with Crippen LogP contribution in [-0.2, 0) is 19.2 Å². The van der Waals surface area contributed by atoms with E-state index in [0.29, 0.717) is 16.7 Å². The Labute approximate surface area is 218 Å². The van der Waals surface area contributed by atoms with Gasteiger partial charge >= 0.3 is 5.97 Å². The highest BCUT2D eigenvalue weighted by molar-refractivity contribution is 8.00. The third kappa shape index (κ3) is 4.88. The molecule has 3 heterocycles. The Kier molecular flexibility index (Phi) is 7.24. The number of carboxylic acid groups (broad SMARTS) is 1. The summed E-state index contributed by atoms with van der Waals surface area (Å²) < 4.78 is 0. The van der Waals surface area contributed by atoms with Crippen molar-refractivity contribution in [2.75, 3.05) is 18.6 Å².